The van der Waals surface area contributed by atoms with Crippen LogP contribution in [0, 0.1) is 5.82 Å². The molecular formula is C21H20FN5O5S. The van der Waals surface area contributed by atoms with Crippen molar-refractivity contribution in [3.63, 3.8) is 0 Å². The molecule has 0 saturated heterocycles. The van der Waals surface area contributed by atoms with Gasteiger partial charge in [-0.3, -0.25) is 0 Å². The fourth-order valence-corrected chi connectivity index (χ4v) is 4.22. The van der Waals surface area contributed by atoms with Crippen molar-refractivity contribution < 1.29 is 27.0 Å². The first-order valence-corrected chi connectivity index (χ1v) is 11.2. The van der Waals surface area contributed by atoms with E-state index >= 15 is 0 Å². The van der Waals surface area contributed by atoms with Crippen LogP contribution in [-0.2, 0) is 10.0 Å². The molecule has 0 unspecified atom stereocenters. The highest BCUT2D eigenvalue weighted by atomic mass is 32.2. The van der Waals surface area contributed by atoms with Crippen molar-refractivity contribution in [1.29, 1.82) is 0 Å². The summed E-state index contributed by atoms with van der Waals surface area (Å²) in [7, 11) is -0.993. The zero-order valence-electron chi connectivity index (χ0n) is 17.7. The zero-order valence-corrected chi connectivity index (χ0v) is 18.5. The molecule has 172 valence electrons. The number of benzene rings is 2. The van der Waals surface area contributed by atoms with Crippen molar-refractivity contribution in [3.05, 3.63) is 60.4 Å². The highest BCUT2D eigenvalue weighted by Gasteiger charge is 2.20. The number of nitrogens with zero attached hydrogens (tertiary/aromatic N) is 4. The van der Waals surface area contributed by atoms with Crippen molar-refractivity contribution in [2.24, 2.45) is 0 Å². The van der Waals surface area contributed by atoms with Crippen LogP contribution in [0.5, 0.6) is 17.4 Å². The van der Waals surface area contributed by atoms with Crippen LogP contribution in [0.2, 0.25) is 0 Å². The van der Waals surface area contributed by atoms with Gasteiger partial charge in [0.25, 0.3) is 0 Å². The smallest absolute Gasteiger partial charge is 0.244 e. The molecule has 12 heteroatoms. The summed E-state index contributed by atoms with van der Waals surface area (Å²) in [5, 5.41) is 12.4. The number of sulfonamides is 1. The van der Waals surface area contributed by atoms with E-state index in [4.69, 9.17) is 14.2 Å². The van der Waals surface area contributed by atoms with Crippen molar-refractivity contribution in [2.75, 3.05) is 27.4 Å². The Kier molecular flexibility index (Phi) is 6.38. The number of halogens is 1. The maximum atomic E-state index is 13.6. The largest absolute Gasteiger partial charge is 0.497 e. The minimum absolute atomic E-state index is 0.00757. The summed E-state index contributed by atoms with van der Waals surface area (Å²) in [6, 6.07) is 13.6. The van der Waals surface area contributed by atoms with Crippen molar-refractivity contribution in [2.45, 2.75) is 4.90 Å². The topological polar surface area (TPSA) is 117 Å². The predicted octanol–water partition coefficient (Wildman–Crippen LogP) is 2.30. The summed E-state index contributed by atoms with van der Waals surface area (Å²) >= 11 is 0. The van der Waals surface area contributed by atoms with Crippen molar-refractivity contribution in [1.82, 2.24) is 24.5 Å². The first-order chi connectivity index (χ1) is 15.9. The number of hydrogen-bond donors (Lipinski definition) is 1. The molecule has 33 heavy (non-hydrogen) atoms. The monoisotopic (exact) mass is 473 g/mol. The molecule has 2 aromatic heterocycles. The molecule has 0 bridgehead atoms. The minimum atomic E-state index is -3.85. The number of aromatic nitrogens is 4. The summed E-state index contributed by atoms with van der Waals surface area (Å²) in [4.78, 5) is -0.0189. The second-order valence-electron chi connectivity index (χ2n) is 6.74. The van der Waals surface area contributed by atoms with Crippen LogP contribution in [0.4, 0.5) is 4.39 Å². The second-order valence-corrected chi connectivity index (χ2v) is 8.47. The van der Waals surface area contributed by atoms with Crippen molar-refractivity contribution >= 4 is 15.7 Å². The summed E-state index contributed by atoms with van der Waals surface area (Å²) in [5.74, 6) is 0.801. The molecule has 0 aliphatic rings. The average molecular weight is 473 g/mol. The fourth-order valence-electron chi connectivity index (χ4n) is 3.06. The highest BCUT2D eigenvalue weighted by Crippen LogP contribution is 2.28. The molecular weight excluding hydrogens is 453 g/mol. The molecule has 10 nitrogen and oxygen atoms in total. The Hall–Kier alpha value is -3.77. The molecule has 0 amide bonds. The fraction of sp³-hybridized carbons (Fsp3) is 0.190. The lowest BCUT2D eigenvalue weighted by molar-refractivity contribution is 0.305. The molecule has 0 saturated carbocycles. The van der Waals surface area contributed by atoms with Gasteiger partial charge in [0.15, 0.2) is 11.5 Å². The number of nitrogens with one attached hydrogen (secondary N) is 1. The van der Waals surface area contributed by atoms with Gasteiger partial charge in [-0.25, -0.2) is 17.5 Å². The first-order valence-electron chi connectivity index (χ1n) is 9.74. The lowest BCUT2D eigenvalue weighted by Gasteiger charge is -2.12. The van der Waals surface area contributed by atoms with Crippen LogP contribution in [-0.4, -0.2) is 55.6 Å². The van der Waals surface area contributed by atoms with Crippen LogP contribution < -0.4 is 18.9 Å². The molecule has 1 N–H and O–H groups in total. The Morgan fingerprint density at radius 1 is 1.03 bits per heavy atom. The molecule has 0 aliphatic carbocycles. The average Bonchev–Trinajstić information content (AvgIpc) is 3.24. The maximum Gasteiger partial charge on any atom is 0.244 e. The first kappa shape index (κ1) is 22.4. The number of methoxy groups -OCH3 is 2. The zero-order chi connectivity index (χ0) is 23.4. The lowest BCUT2D eigenvalue weighted by Crippen LogP contribution is -2.28. The number of ether oxygens (including phenoxy) is 3. The van der Waals surface area contributed by atoms with Gasteiger partial charge in [-0.05, 0) is 30.3 Å². The molecule has 2 heterocycles. The Balaban J connectivity index is 1.44. The molecule has 4 aromatic rings. The SMILES string of the molecule is COc1ccc(S(=O)(=O)NCCOc2ccc3nnc(-c4cccc(F)c4)n3n2)c(OC)c1. The van der Waals surface area contributed by atoms with E-state index in [1.807, 2.05) is 0 Å². The van der Waals surface area contributed by atoms with Gasteiger partial charge in [-0.15, -0.1) is 15.3 Å². The molecule has 0 atom stereocenters. The third-order valence-corrected chi connectivity index (χ3v) is 6.13. The molecule has 0 spiro atoms. The quantitative estimate of drug-likeness (QED) is 0.368. The number of rotatable bonds is 9. The lowest BCUT2D eigenvalue weighted by atomic mass is 10.2. The Morgan fingerprint density at radius 2 is 1.88 bits per heavy atom. The molecule has 0 radical (unpaired) electrons. The van der Waals surface area contributed by atoms with Crippen molar-refractivity contribution in [3.8, 4) is 28.8 Å². The second kappa shape index (κ2) is 9.38. The van der Waals surface area contributed by atoms with E-state index in [1.54, 1.807) is 24.3 Å². The molecule has 0 fully saturated rings. The minimum Gasteiger partial charge on any atom is -0.497 e. The van der Waals surface area contributed by atoms with Crippen LogP contribution in [0.1, 0.15) is 0 Å². The highest BCUT2D eigenvalue weighted by molar-refractivity contribution is 7.89. The van der Waals surface area contributed by atoms with Crippen LogP contribution in [0.25, 0.3) is 17.0 Å². The van der Waals surface area contributed by atoms with Gasteiger partial charge >= 0.3 is 0 Å². The third-order valence-electron chi connectivity index (χ3n) is 4.63. The van der Waals surface area contributed by atoms with Gasteiger partial charge in [0.2, 0.25) is 15.9 Å². The van der Waals surface area contributed by atoms with Gasteiger partial charge in [-0.1, -0.05) is 12.1 Å². The maximum absolute atomic E-state index is 13.6. The Bertz CT molecular complexity index is 1390. The van der Waals surface area contributed by atoms with E-state index in [0.29, 0.717) is 22.8 Å². The standard InChI is InChI=1S/C21H20FN5O5S/c1-30-16-6-7-18(17(13-16)31-2)33(28,29)23-10-11-32-20-9-8-19-24-25-21(27(19)26-20)14-4-3-5-15(22)12-14/h3-9,12-13,23H,10-11H2,1-2H3. The van der Waals surface area contributed by atoms with Crippen LogP contribution in [0.3, 0.4) is 0 Å². The van der Waals surface area contributed by atoms with Gasteiger partial charge in [-0.2, -0.15) is 4.52 Å². The van der Waals surface area contributed by atoms with E-state index in [0.717, 1.165) is 0 Å². The van der Waals surface area contributed by atoms with E-state index in [1.165, 1.54) is 49.1 Å². The van der Waals surface area contributed by atoms with Crippen LogP contribution >= 0.6 is 0 Å². The molecule has 4 rings (SSSR count). The van der Waals surface area contributed by atoms with E-state index in [-0.39, 0.29) is 29.7 Å². The Morgan fingerprint density at radius 3 is 2.64 bits per heavy atom. The number of hydrogen-bond acceptors (Lipinski definition) is 8. The third kappa shape index (κ3) is 4.86. The van der Waals surface area contributed by atoms with Gasteiger partial charge in [0, 0.05) is 24.2 Å². The normalized spacial score (nSPS) is 11.5. The summed E-state index contributed by atoms with van der Waals surface area (Å²) in [5.41, 5.74) is 0.960. The summed E-state index contributed by atoms with van der Waals surface area (Å²) in [6.07, 6.45) is 0. The van der Waals surface area contributed by atoms with Gasteiger partial charge in [0.05, 0.1) is 14.2 Å². The summed E-state index contributed by atoms with van der Waals surface area (Å²) < 4.78 is 58.6. The molecule has 2 aromatic carbocycles. The summed E-state index contributed by atoms with van der Waals surface area (Å²) in [6.45, 7) is -0.0101. The Labute approximate surface area is 189 Å². The van der Waals surface area contributed by atoms with Crippen LogP contribution in [0.15, 0.2) is 59.5 Å². The number of fused-ring (bicyclic) bond motifs is 1. The molecule has 0 aliphatic heterocycles. The predicted molar refractivity (Wildman–Crippen MR) is 116 cm³/mol. The van der Waals surface area contributed by atoms with E-state index in [2.05, 4.69) is 20.0 Å². The van der Waals surface area contributed by atoms with Gasteiger partial charge < -0.3 is 14.2 Å². The van der Waals surface area contributed by atoms with E-state index < -0.39 is 15.8 Å². The van der Waals surface area contributed by atoms with E-state index in [9.17, 15) is 12.8 Å². The van der Waals surface area contributed by atoms with Gasteiger partial charge in [0.1, 0.15) is 28.8 Å².